The monoisotopic (exact) mass is 301 g/mol. The average Bonchev–Trinajstić information content (AvgIpc) is 3.17. The van der Waals surface area contributed by atoms with Crippen molar-refractivity contribution in [3.05, 3.63) is 47.1 Å². The molecule has 0 aliphatic heterocycles. The van der Waals surface area contributed by atoms with Gasteiger partial charge in [0.05, 0.1) is 0 Å². The smallest absolute Gasteiger partial charge is 0.166 e. The number of aromatic nitrogens is 3. The van der Waals surface area contributed by atoms with Crippen LogP contribution in [0.3, 0.4) is 0 Å². The van der Waals surface area contributed by atoms with Gasteiger partial charge < -0.3 is 9.40 Å². The minimum atomic E-state index is 0.660. The van der Waals surface area contributed by atoms with E-state index in [-0.39, 0.29) is 0 Å². The molecule has 6 heteroatoms. The third-order valence-electron chi connectivity index (χ3n) is 2.94. The summed E-state index contributed by atoms with van der Waals surface area (Å²) in [6.45, 7) is 0. The van der Waals surface area contributed by atoms with E-state index in [0.29, 0.717) is 5.02 Å². The lowest BCUT2D eigenvalue weighted by Crippen LogP contribution is -1.79. The van der Waals surface area contributed by atoms with E-state index in [4.69, 9.17) is 16.0 Å². The van der Waals surface area contributed by atoms with Crippen molar-refractivity contribution in [3.8, 4) is 22.3 Å². The molecule has 1 N–H and O–H groups in total. The van der Waals surface area contributed by atoms with Crippen molar-refractivity contribution in [1.29, 1.82) is 0 Å². The number of nitrogens with one attached hydrogen (secondary N) is 1. The number of thiazole rings is 1. The first-order chi connectivity index (χ1) is 9.79. The number of imidazole rings is 1. The molecule has 0 spiro atoms. The fourth-order valence-corrected chi connectivity index (χ4v) is 2.94. The molecular formula is C14H8ClN3OS. The van der Waals surface area contributed by atoms with Crippen LogP contribution >= 0.6 is 22.9 Å². The Hall–Kier alpha value is -2.11. The number of nitrogens with zero attached hydrogens (tertiary/aromatic N) is 2. The second-order valence-electron chi connectivity index (χ2n) is 4.27. The first kappa shape index (κ1) is 11.7. The molecule has 0 unspecified atom stereocenters. The molecule has 0 amide bonds. The molecule has 0 bridgehead atoms. The van der Waals surface area contributed by atoms with Crippen molar-refractivity contribution < 1.29 is 4.42 Å². The quantitative estimate of drug-likeness (QED) is 0.588. The number of hydrogen-bond acceptors (Lipinski definition) is 4. The van der Waals surface area contributed by atoms with Gasteiger partial charge in [0, 0.05) is 34.2 Å². The van der Waals surface area contributed by atoms with Gasteiger partial charge in [-0.3, -0.25) is 0 Å². The molecule has 0 radical (unpaired) electrons. The van der Waals surface area contributed by atoms with E-state index in [2.05, 4.69) is 15.0 Å². The summed E-state index contributed by atoms with van der Waals surface area (Å²) in [6.07, 6.45) is 3.49. The Balaban J connectivity index is 1.79. The summed E-state index contributed by atoms with van der Waals surface area (Å²) in [4.78, 5) is 11.8. The number of H-pyrrole nitrogens is 1. The van der Waals surface area contributed by atoms with E-state index in [1.807, 2.05) is 23.6 Å². The van der Waals surface area contributed by atoms with Gasteiger partial charge in [-0.25, -0.2) is 9.97 Å². The number of benzene rings is 1. The summed E-state index contributed by atoms with van der Waals surface area (Å²) in [7, 11) is 0. The Bertz CT molecular complexity index is 879. The fraction of sp³-hybridized carbons (Fsp3) is 0. The Morgan fingerprint density at radius 3 is 3.05 bits per heavy atom. The fourth-order valence-electron chi connectivity index (χ4n) is 2.01. The first-order valence-corrected chi connectivity index (χ1v) is 7.20. The third kappa shape index (κ3) is 1.92. The minimum absolute atomic E-state index is 0.660. The zero-order valence-corrected chi connectivity index (χ0v) is 11.7. The Morgan fingerprint density at radius 1 is 1.25 bits per heavy atom. The van der Waals surface area contributed by atoms with Gasteiger partial charge in [0.1, 0.15) is 11.3 Å². The van der Waals surface area contributed by atoms with Crippen molar-refractivity contribution >= 4 is 33.9 Å². The van der Waals surface area contributed by atoms with Crippen LogP contribution in [0, 0.1) is 0 Å². The van der Waals surface area contributed by atoms with E-state index >= 15 is 0 Å². The SMILES string of the molecule is Clc1ccc2cc(-c3csc(-c4ncc[nH]4)n3)oc2c1. The Morgan fingerprint density at radius 2 is 2.20 bits per heavy atom. The lowest BCUT2D eigenvalue weighted by atomic mass is 10.2. The maximum absolute atomic E-state index is 5.96. The average molecular weight is 302 g/mol. The zero-order chi connectivity index (χ0) is 13.5. The number of halogens is 1. The summed E-state index contributed by atoms with van der Waals surface area (Å²) < 4.78 is 5.79. The van der Waals surface area contributed by atoms with Crippen LogP contribution in [0.4, 0.5) is 0 Å². The van der Waals surface area contributed by atoms with Crippen molar-refractivity contribution in [3.63, 3.8) is 0 Å². The molecule has 20 heavy (non-hydrogen) atoms. The second-order valence-corrected chi connectivity index (χ2v) is 5.56. The van der Waals surface area contributed by atoms with Crippen LogP contribution in [0.1, 0.15) is 0 Å². The largest absolute Gasteiger partial charge is 0.454 e. The number of fused-ring (bicyclic) bond motifs is 1. The maximum Gasteiger partial charge on any atom is 0.166 e. The van der Waals surface area contributed by atoms with Crippen LogP contribution in [0.15, 0.2) is 46.5 Å². The number of aromatic amines is 1. The van der Waals surface area contributed by atoms with Crippen molar-refractivity contribution in [1.82, 2.24) is 15.0 Å². The van der Waals surface area contributed by atoms with Crippen LogP contribution in [0.25, 0.3) is 33.3 Å². The standard InChI is InChI=1S/C14H8ClN3OS/c15-9-2-1-8-5-12(19-11(8)6-9)10-7-20-14(18-10)13-16-3-4-17-13/h1-7H,(H,16,17). The highest BCUT2D eigenvalue weighted by Crippen LogP contribution is 2.32. The molecule has 0 saturated heterocycles. The summed E-state index contributed by atoms with van der Waals surface area (Å²) in [6, 6.07) is 7.55. The van der Waals surface area contributed by atoms with E-state index < -0.39 is 0 Å². The van der Waals surface area contributed by atoms with Crippen LogP contribution in [0.5, 0.6) is 0 Å². The van der Waals surface area contributed by atoms with E-state index in [1.54, 1.807) is 18.5 Å². The molecule has 0 saturated carbocycles. The van der Waals surface area contributed by atoms with Gasteiger partial charge in [-0.2, -0.15) is 0 Å². The molecule has 98 valence electrons. The van der Waals surface area contributed by atoms with Gasteiger partial charge in [0.15, 0.2) is 16.6 Å². The molecule has 3 aromatic heterocycles. The van der Waals surface area contributed by atoms with E-state index in [0.717, 1.165) is 33.3 Å². The molecule has 1 aromatic carbocycles. The molecule has 0 atom stereocenters. The van der Waals surface area contributed by atoms with Crippen molar-refractivity contribution in [2.45, 2.75) is 0 Å². The van der Waals surface area contributed by atoms with Gasteiger partial charge in [-0.15, -0.1) is 11.3 Å². The summed E-state index contributed by atoms with van der Waals surface area (Å²) >= 11 is 7.48. The van der Waals surface area contributed by atoms with Crippen LogP contribution in [-0.4, -0.2) is 15.0 Å². The second kappa shape index (κ2) is 4.47. The molecule has 4 nitrogen and oxygen atoms in total. The van der Waals surface area contributed by atoms with Crippen LogP contribution < -0.4 is 0 Å². The normalized spacial score (nSPS) is 11.2. The van der Waals surface area contributed by atoms with Gasteiger partial charge in [0.2, 0.25) is 0 Å². The summed E-state index contributed by atoms with van der Waals surface area (Å²) in [5.41, 5.74) is 1.56. The predicted octanol–water partition coefficient (Wildman–Crippen LogP) is 4.60. The van der Waals surface area contributed by atoms with Gasteiger partial charge in [0.25, 0.3) is 0 Å². The molecule has 0 aliphatic carbocycles. The van der Waals surface area contributed by atoms with Crippen LogP contribution in [0.2, 0.25) is 5.02 Å². The first-order valence-electron chi connectivity index (χ1n) is 5.94. The topological polar surface area (TPSA) is 54.7 Å². The molecule has 3 heterocycles. The maximum atomic E-state index is 5.96. The highest BCUT2D eigenvalue weighted by atomic mass is 35.5. The number of hydrogen-bond donors (Lipinski definition) is 1. The Kier molecular flexibility index (Phi) is 2.61. The highest BCUT2D eigenvalue weighted by Gasteiger charge is 2.12. The Labute approximate surface area is 123 Å². The number of furan rings is 1. The lowest BCUT2D eigenvalue weighted by Gasteiger charge is -1.89. The molecule has 0 aliphatic rings. The summed E-state index contributed by atoms with van der Waals surface area (Å²) in [5, 5.41) is 4.46. The molecular weight excluding hydrogens is 294 g/mol. The van der Waals surface area contributed by atoms with Crippen molar-refractivity contribution in [2.24, 2.45) is 0 Å². The third-order valence-corrected chi connectivity index (χ3v) is 4.02. The van der Waals surface area contributed by atoms with Gasteiger partial charge in [-0.05, 0) is 18.2 Å². The zero-order valence-electron chi connectivity index (χ0n) is 10.1. The van der Waals surface area contributed by atoms with Crippen molar-refractivity contribution in [2.75, 3.05) is 0 Å². The predicted molar refractivity (Wildman–Crippen MR) is 79.9 cm³/mol. The highest BCUT2D eigenvalue weighted by molar-refractivity contribution is 7.13. The minimum Gasteiger partial charge on any atom is -0.454 e. The van der Waals surface area contributed by atoms with E-state index in [1.165, 1.54) is 11.3 Å². The van der Waals surface area contributed by atoms with E-state index in [9.17, 15) is 0 Å². The number of rotatable bonds is 2. The lowest BCUT2D eigenvalue weighted by molar-refractivity contribution is 0.629. The molecule has 0 fully saturated rings. The van der Waals surface area contributed by atoms with Gasteiger partial charge >= 0.3 is 0 Å². The van der Waals surface area contributed by atoms with Gasteiger partial charge in [-0.1, -0.05) is 11.6 Å². The molecule has 4 rings (SSSR count). The van der Waals surface area contributed by atoms with Crippen LogP contribution in [-0.2, 0) is 0 Å². The molecule has 4 aromatic rings. The summed E-state index contributed by atoms with van der Waals surface area (Å²) in [5.74, 6) is 1.50.